The van der Waals surface area contributed by atoms with Crippen LogP contribution in [0.5, 0.6) is 0 Å². The van der Waals surface area contributed by atoms with Gasteiger partial charge in [0.1, 0.15) is 0 Å². The van der Waals surface area contributed by atoms with E-state index < -0.39 is 20.3 Å². The van der Waals surface area contributed by atoms with Gasteiger partial charge in [0.25, 0.3) is 0 Å². The fraction of sp³-hybridized carbons (Fsp3) is 0.200. The Kier molecular flexibility index (Phi) is 5.97. The van der Waals surface area contributed by atoms with Crippen LogP contribution in [-0.2, 0) is 9.49 Å². The average molecular weight is 690 g/mol. The number of alkyl halides is 3. The van der Waals surface area contributed by atoms with E-state index in [4.69, 9.17) is 0 Å². The summed E-state index contributed by atoms with van der Waals surface area (Å²) in [6.45, 7) is 0. The molecule has 0 spiro atoms. The van der Waals surface area contributed by atoms with Crippen molar-refractivity contribution in [1.29, 1.82) is 0 Å². The minimum absolute atomic E-state index is 0.0813. The zero-order chi connectivity index (χ0) is 20.1. The van der Waals surface area contributed by atoms with E-state index in [0.717, 1.165) is 0 Å². The Morgan fingerprint density at radius 2 is 0.931 bits per heavy atom. The number of hydrogen-bond donors (Lipinski definition) is 0. The molecule has 0 bridgehead atoms. The molecule has 1 aliphatic rings. The number of thioether (sulfide) groups is 2. The zero-order valence-corrected chi connectivity index (χ0v) is 23.1. The van der Waals surface area contributed by atoms with Gasteiger partial charge in [-0.15, -0.1) is 0 Å². The van der Waals surface area contributed by atoms with Crippen LogP contribution in [0, 0.1) is 0 Å². The Bertz CT molecular complexity index is 903. The van der Waals surface area contributed by atoms with Crippen LogP contribution in [0.2, 0.25) is 0 Å². The summed E-state index contributed by atoms with van der Waals surface area (Å²) in [4.78, 5) is 8.59. The van der Waals surface area contributed by atoms with Gasteiger partial charge in [0, 0.05) is 0 Å². The van der Waals surface area contributed by atoms with Crippen molar-refractivity contribution in [3.05, 3.63) is 86.0 Å². The van der Waals surface area contributed by atoms with E-state index in [9.17, 15) is 13.2 Å². The molecule has 0 saturated carbocycles. The summed E-state index contributed by atoms with van der Waals surface area (Å²) in [5, 5.41) is 0. The average Bonchev–Trinajstić information content (AvgIpc) is 3.53. The van der Waals surface area contributed by atoms with Crippen molar-refractivity contribution in [2.24, 2.45) is 0 Å². The zero-order valence-electron chi connectivity index (χ0n) is 14.6. The molecule has 4 aromatic rings. The number of hydrogen-bond acceptors (Lipinski definition) is 2. The van der Waals surface area contributed by atoms with E-state index in [0.29, 0.717) is 0 Å². The van der Waals surface area contributed by atoms with E-state index in [1.54, 1.807) is 0 Å². The quantitative estimate of drug-likeness (QED) is 0.291. The standard InChI is InChI=1S/C20H13F3S2Se4/c21-20(22,23)17-24-18(13-5-1-9-26-13,14-6-2-10-27-14)19(25-17,15-7-3-11-28-15)16-8-4-12-29-16/h1-12,17H. The molecule has 0 unspecified atom stereocenters. The molecular weight excluding hydrogens is 677 g/mol. The Balaban J connectivity index is 1.89. The molecule has 0 nitrogen and oxygen atoms in total. The Hall–Kier alpha value is 0.488. The van der Waals surface area contributed by atoms with E-state index in [1.807, 2.05) is 24.3 Å². The van der Waals surface area contributed by atoms with Gasteiger partial charge >= 0.3 is 201 Å². The van der Waals surface area contributed by atoms with Gasteiger partial charge in [0.15, 0.2) is 0 Å². The minimum atomic E-state index is -4.24. The summed E-state index contributed by atoms with van der Waals surface area (Å²) in [7, 11) is 0. The van der Waals surface area contributed by atoms with E-state index >= 15 is 0 Å². The molecule has 1 fully saturated rings. The third-order valence-electron chi connectivity index (χ3n) is 4.80. The topological polar surface area (TPSA) is 0 Å². The third kappa shape index (κ3) is 3.33. The SMILES string of the molecule is FC(F)(F)C1SC(c2ccc[se]2)(c2ccc[se]2)C(c2ccc[se]2)(c2ccc[se]2)S1. The maximum absolute atomic E-state index is 14.2. The second-order valence-corrected chi connectivity index (χ2v) is 17.3. The van der Waals surface area contributed by atoms with E-state index in [1.165, 1.54) is 41.3 Å². The molecule has 9 heteroatoms. The predicted molar refractivity (Wildman–Crippen MR) is 120 cm³/mol. The molecule has 0 radical (unpaired) electrons. The maximum atomic E-state index is 14.2. The van der Waals surface area contributed by atoms with Crippen LogP contribution in [0.4, 0.5) is 13.2 Å². The van der Waals surface area contributed by atoms with Crippen molar-refractivity contribution in [2.45, 2.75) is 20.3 Å². The molecule has 150 valence electrons. The Labute approximate surface area is 199 Å². The van der Waals surface area contributed by atoms with Gasteiger partial charge in [-0.1, -0.05) is 0 Å². The Morgan fingerprint density at radius 1 is 0.621 bits per heavy atom. The second kappa shape index (κ2) is 8.12. The molecule has 29 heavy (non-hydrogen) atoms. The summed E-state index contributed by atoms with van der Waals surface area (Å²) in [5.41, 5.74) is 0. The molecule has 0 N–H and O–H groups in total. The second-order valence-electron chi connectivity index (χ2n) is 6.38. The van der Waals surface area contributed by atoms with E-state index in [-0.39, 0.29) is 58.0 Å². The van der Waals surface area contributed by atoms with Crippen LogP contribution in [0.1, 0.15) is 17.7 Å². The summed E-state index contributed by atoms with van der Waals surface area (Å²) in [6, 6.07) is 16.6. The summed E-state index contributed by atoms with van der Waals surface area (Å²) in [6.07, 6.45) is -4.24. The van der Waals surface area contributed by atoms with Crippen molar-refractivity contribution in [3.8, 4) is 0 Å². The van der Waals surface area contributed by atoms with Gasteiger partial charge in [0.05, 0.1) is 0 Å². The van der Waals surface area contributed by atoms with Crippen LogP contribution in [0.25, 0.3) is 0 Å². The van der Waals surface area contributed by atoms with Crippen LogP contribution >= 0.6 is 23.5 Å². The Morgan fingerprint density at radius 3 is 1.14 bits per heavy atom. The first-order chi connectivity index (χ1) is 14.0. The van der Waals surface area contributed by atoms with Crippen molar-refractivity contribution in [3.63, 3.8) is 0 Å². The summed E-state index contributed by atoms with van der Waals surface area (Å²) >= 11 is 2.68. The fourth-order valence-electron chi connectivity index (χ4n) is 3.73. The van der Waals surface area contributed by atoms with Gasteiger partial charge < -0.3 is 0 Å². The fourth-order valence-corrected chi connectivity index (χ4v) is 18.4. The van der Waals surface area contributed by atoms with Gasteiger partial charge in [0.2, 0.25) is 0 Å². The molecule has 5 rings (SSSR count). The van der Waals surface area contributed by atoms with Crippen molar-refractivity contribution in [1.82, 2.24) is 0 Å². The van der Waals surface area contributed by atoms with Gasteiger partial charge in [-0.05, 0) is 0 Å². The van der Waals surface area contributed by atoms with Gasteiger partial charge in [-0.3, -0.25) is 0 Å². The molecule has 0 aliphatic carbocycles. The number of halogens is 3. The molecule has 1 aliphatic heterocycles. The molecular formula is C20H13F3S2Se4. The van der Waals surface area contributed by atoms with Crippen molar-refractivity contribution >= 4 is 81.5 Å². The first kappa shape index (κ1) is 21.3. The monoisotopic (exact) mass is 694 g/mol. The molecule has 4 aromatic heterocycles. The summed E-state index contributed by atoms with van der Waals surface area (Å²) < 4.78 is 44.8. The normalized spacial score (nSPS) is 19.0. The molecule has 0 amide bonds. The molecule has 5 heterocycles. The van der Waals surface area contributed by atoms with Crippen molar-refractivity contribution in [2.75, 3.05) is 0 Å². The van der Waals surface area contributed by atoms with Gasteiger partial charge in [-0.25, -0.2) is 0 Å². The third-order valence-corrected chi connectivity index (χ3v) is 18.1. The van der Waals surface area contributed by atoms with Crippen molar-refractivity contribution < 1.29 is 13.2 Å². The van der Waals surface area contributed by atoms with Gasteiger partial charge in [-0.2, -0.15) is 0 Å². The number of rotatable bonds is 4. The summed E-state index contributed by atoms with van der Waals surface area (Å²) in [5.74, 6) is 0. The first-order valence-corrected chi connectivity index (χ1v) is 17.7. The molecule has 0 atom stereocenters. The van der Waals surface area contributed by atoms with Crippen LogP contribution in [0.15, 0.2) is 68.3 Å². The van der Waals surface area contributed by atoms with Crippen LogP contribution in [0.3, 0.4) is 0 Å². The van der Waals surface area contributed by atoms with Crippen LogP contribution in [-0.4, -0.2) is 68.8 Å². The molecule has 1 saturated heterocycles. The first-order valence-electron chi connectivity index (χ1n) is 8.57. The predicted octanol–water partition coefficient (Wildman–Crippen LogP) is 4.47. The van der Waals surface area contributed by atoms with E-state index in [2.05, 4.69) is 44.0 Å². The van der Waals surface area contributed by atoms with Crippen LogP contribution < -0.4 is 0 Å². The molecule has 0 aromatic carbocycles.